The smallest absolute Gasteiger partial charge is 0.253 e. The topological polar surface area (TPSA) is 83.9 Å². The first-order valence-electron chi connectivity index (χ1n) is 16.8. The number of carbonyl (C=O) groups excluding carboxylic acids is 1. The third-order valence-electron chi connectivity index (χ3n) is 9.56. The molecular weight excluding hydrogens is 586 g/mol. The Hall–Kier alpha value is -4.14. The highest BCUT2D eigenvalue weighted by molar-refractivity contribution is 5.93. The Bertz CT molecular complexity index is 1600. The van der Waals surface area contributed by atoms with E-state index < -0.39 is 6.29 Å². The maximum absolute atomic E-state index is 12.5. The molecule has 2 aliphatic rings. The van der Waals surface area contributed by atoms with E-state index in [1.54, 1.807) is 24.5 Å². The number of hydrogen-bond acceptors (Lipinski definition) is 6. The predicted molar refractivity (Wildman–Crippen MR) is 184 cm³/mol. The molecule has 7 nitrogen and oxygen atoms in total. The van der Waals surface area contributed by atoms with E-state index in [0.29, 0.717) is 18.2 Å². The third-order valence-corrected chi connectivity index (χ3v) is 9.56. The van der Waals surface area contributed by atoms with E-state index in [1.165, 1.54) is 25.7 Å². The van der Waals surface area contributed by atoms with Crippen molar-refractivity contribution < 1.29 is 19.4 Å². The highest BCUT2D eigenvalue weighted by Crippen LogP contribution is 2.42. The lowest BCUT2D eigenvalue weighted by atomic mass is 9.89. The molecule has 1 aromatic heterocycles. The van der Waals surface area contributed by atoms with Crippen molar-refractivity contribution in [3.05, 3.63) is 138 Å². The standard InChI is InChI=1S/C40H45N3O4/c1-3-22-43(36-11-4-5-12-36)26-37-28(2)38(32-15-13-29(27-44)14-16-32)47-40(46-37)33-19-17-31(18-20-33)34-9-6-8-30(23-34)24-42-39(45)35-10-7-21-41-25-35/h3,6-10,13-21,23,25,28,36-38,40,44H,1,4-5,11-12,22,24,26-27H2,2H3,(H,42,45)/t28-,37+,38+,40+/m0/s1. The number of benzene rings is 3. The molecule has 2 fully saturated rings. The summed E-state index contributed by atoms with van der Waals surface area (Å²) in [5.74, 6) is -0.0212. The lowest BCUT2D eigenvalue weighted by Crippen LogP contribution is -2.47. The van der Waals surface area contributed by atoms with Crippen LogP contribution in [-0.2, 0) is 22.6 Å². The first-order chi connectivity index (χ1) is 23.0. The number of ether oxygens (including phenoxy) is 2. The molecule has 1 saturated carbocycles. The van der Waals surface area contributed by atoms with Crippen LogP contribution >= 0.6 is 0 Å². The summed E-state index contributed by atoms with van der Waals surface area (Å²) in [7, 11) is 0. The fourth-order valence-electron chi connectivity index (χ4n) is 6.84. The zero-order chi connectivity index (χ0) is 32.6. The Balaban J connectivity index is 1.19. The van der Waals surface area contributed by atoms with E-state index in [4.69, 9.17) is 9.47 Å². The van der Waals surface area contributed by atoms with Crippen molar-refractivity contribution >= 4 is 5.91 Å². The number of aliphatic hydroxyl groups is 1. The zero-order valence-corrected chi connectivity index (χ0v) is 27.1. The van der Waals surface area contributed by atoms with Gasteiger partial charge in [0.05, 0.1) is 24.4 Å². The van der Waals surface area contributed by atoms with Crippen LogP contribution in [0.3, 0.4) is 0 Å². The van der Waals surface area contributed by atoms with Gasteiger partial charge in [-0.25, -0.2) is 0 Å². The Morgan fingerprint density at radius 3 is 2.43 bits per heavy atom. The quantitative estimate of drug-likeness (QED) is 0.159. The summed E-state index contributed by atoms with van der Waals surface area (Å²) >= 11 is 0. The lowest BCUT2D eigenvalue weighted by Gasteiger charge is -2.43. The van der Waals surface area contributed by atoms with Gasteiger partial charge in [0.2, 0.25) is 0 Å². The van der Waals surface area contributed by atoms with Gasteiger partial charge in [0.15, 0.2) is 6.29 Å². The molecule has 1 saturated heterocycles. The highest BCUT2D eigenvalue weighted by atomic mass is 16.7. The lowest BCUT2D eigenvalue weighted by molar-refractivity contribution is -0.276. The second-order valence-electron chi connectivity index (χ2n) is 12.7. The molecule has 2 N–H and O–H groups in total. The third kappa shape index (κ3) is 8.06. The number of rotatable bonds is 12. The number of aromatic nitrogens is 1. The molecule has 244 valence electrons. The zero-order valence-electron chi connectivity index (χ0n) is 27.1. The van der Waals surface area contributed by atoms with Crippen molar-refractivity contribution in [2.24, 2.45) is 5.92 Å². The Morgan fingerprint density at radius 2 is 1.72 bits per heavy atom. The number of nitrogens with zero attached hydrogens (tertiary/aromatic N) is 2. The summed E-state index contributed by atoms with van der Waals surface area (Å²) in [5, 5.41) is 12.6. The molecule has 7 heteroatoms. The summed E-state index contributed by atoms with van der Waals surface area (Å²) in [6.07, 6.45) is 9.53. The van der Waals surface area contributed by atoms with E-state index in [0.717, 1.165) is 46.5 Å². The SMILES string of the molecule is C=CCN(C[C@H]1O[C@@H](c2ccc(-c3cccc(CNC(=O)c4cccnc4)c3)cc2)O[C@@H](c2ccc(CO)cc2)[C@H]1C)C1CCCC1. The first-order valence-corrected chi connectivity index (χ1v) is 16.8. The van der Waals surface area contributed by atoms with Crippen LogP contribution in [0.1, 0.15) is 77.6 Å². The average Bonchev–Trinajstić information content (AvgIpc) is 3.67. The van der Waals surface area contributed by atoms with Crippen molar-refractivity contribution in [3.8, 4) is 11.1 Å². The molecule has 0 bridgehead atoms. The summed E-state index contributed by atoms with van der Waals surface area (Å²) < 4.78 is 13.5. The van der Waals surface area contributed by atoms with Gasteiger partial charge in [0, 0.05) is 49.6 Å². The Labute approximate surface area is 278 Å². The fraction of sp³-hybridized carbons (Fsp3) is 0.350. The monoisotopic (exact) mass is 631 g/mol. The average molecular weight is 632 g/mol. The van der Waals surface area contributed by atoms with Crippen molar-refractivity contribution in [1.82, 2.24) is 15.2 Å². The molecule has 3 aromatic carbocycles. The molecule has 1 aliphatic heterocycles. The van der Waals surface area contributed by atoms with Crippen molar-refractivity contribution in [2.75, 3.05) is 13.1 Å². The summed E-state index contributed by atoms with van der Waals surface area (Å²) in [6, 6.07) is 28.8. The second kappa shape index (κ2) is 15.6. The van der Waals surface area contributed by atoms with E-state index in [-0.39, 0.29) is 30.6 Å². The van der Waals surface area contributed by atoms with Crippen molar-refractivity contribution in [2.45, 2.75) is 70.3 Å². The largest absolute Gasteiger partial charge is 0.392 e. The van der Waals surface area contributed by atoms with Crippen molar-refractivity contribution in [3.63, 3.8) is 0 Å². The minimum atomic E-state index is -0.518. The molecular formula is C40H45N3O4. The van der Waals surface area contributed by atoms with Gasteiger partial charge < -0.3 is 19.9 Å². The molecule has 2 heterocycles. The Morgan fingerprint density at radius 1 is 0.957 bits per heavy atom. The number of aliphatic hydroxyl groups excluding tert-OH is 1. The number of carbonyl (C=O) groups is 1. The molecule has 6 rings (SSSR count). The van der Waals surface area contributed by atoms with E-state index in [1.807, 2.05) is 30.3 Å². The van der Waals surface area contributed by atoms with Gasteiger partial charge in [-0.05, 0) is 58.9 Å². The molecule has 0 unspecified atom stereocenters. The maximum Gasteiger partial charge on any atom is 0.253 e. The molecule has 4 aromatic rings. The minimum absolute atomic E-state index is 0.0168. The number of pyridine rings is 1. The molecule has 47 heavy (non-hydrogen) atoms. The van der Waals surface area contributed by atoms with Crippen LogP contribution in [0.4, 0.5) is 0 Å². The highest BCUT2D eigenvalue weighted by Gasteiger charge is 2.40. The Kier molecular flexibility index (Phi) is 10.9. The van der Waals surface area contributed by atoms with Crippen LogP contribution in [0.2, 0.25) is 0 Å². The number of amides is 1. The normalized spacial score (nSPS) is 21.5. The van der Waals surface area contributed by atoms with Crippen LogP contribution in [-0.4, -0.2) is 46.1 Å². The van der Waals surface area contributed by atoms with E-state index >= 15 is 0 Å². The molecule has 4 atom stereocenters. The number of nitrogens with one attached hydrogen (secondary N) is 1. The molecule has 0 spiro atoms. The van der Waals surface area contributed by atoms with E-state index in [9.17, 15) is 9.90 Å². The van der Waals surface area contributed by atoms with Crippen molar-refractivity contribution in [1.29, 1.82) is 0 Å². The van der Waals surface area contributed by atoms with Crippen LogP contribution < -0.4 is 5.32 Å². The minimum Gasteiger partial charge on any atom is -0.392 e. The van der Waals surface area contributed by atoms with Crippen LogP contribution in [0.25, 0.3) is 11.1 Å². The van der Waals surface area contributed by atoms with E-state index in [2.05, 4.69) is 77.2 Å². The predicted octanol–water partition coefficient (Wildman–Crippen LogP) is 7.39. The van der Waals surface area contributed by atoms with Gasteiger partial charge in [0.1, 0.15) is 0 Å². The van der Waals surface area contributed by atoms with Gasteiger partial charge in [-0.15, -0.1) is 6.58 Å². The van der Waals surface area contributed by atoms with Crippen LogP contribution in [0.15, 0.2) is 110 Å². The summed E-state index contributed by atoms with van der Waals surface area (Å²) in [4.78, 5) is 19.1. The molecule has 1 amide bonds. The first kappa shape index (κ1) is 32.8. The summed E-state index contributed by atoms with van der Waals surface area (Å²) in [6.45, 7) is 8.38. The fourth-order valence-corrected chi connectivity index (χ4v) is 6.84. The summed E-state index contributed by atoms with van der Waals surface area (Å²) in [5.41, 5.74) is 6.65. The molecule has 0 radical (unpaired) electrons. The van der Waals surface area contributed by atoms with Gasteiger partial charge >= 0.3 is 0 Å². The van der Waals surface area contributed by atoms with Crippen LogP contribution in [0, 0.1) is 5.92 Å². The maximum atomic E-state index is 12.5. The van der Waals surface area contributed by atoms with Gasteiger partial charge in [-0.2, -0.15) is 0 Å². The number of hydrogen-bond donors (Lipinski definition) is 2. The van der Waals surface area contributed by atoms with Gasteiger partial charge in [-0.3, -0.25) is 14.7 Å². The van der Waals surface area contributed by atoms with Gasteiger partial charge in [-0.1, -0.05) is 92.6 Å². The van der Waals surface area contributed by atoms with Gasteiger partial charge in [0.25, 0.3) is 5.91 Å². The second-order valence-corrected chi connectivity index (χ2v) is 12.7. The molecule has 1 aliphatic carbocycles. The van der Waals surface area contributed by atoms with Crippen LogP contribution in [0.5, 0.6) is 0 Å².